The quantitative estimate of drug-likeness (QED) is 0.394. The largest absolute Gasteiger partial charge is 0.383 e. The van der Waals surface area contributed by atoms with Gasteiger partial charge in [0.2, 0.25) is 0 Å². The zero-order chi connectivity index (χ0) is 24.4. The maximum atomic E-state index is 12.7. The van der Waals surface area contributed by atoms with Gasteiger partial charge in [-0.1, -0.05) is 18.2 Å². The zero-order valence-electron chi connectivity index (χ0n) is 19.5. The van der Waals surface area contributed by atoms with Crippen molar-refractivity contribution in [1.29, 1.82) is 0 Å². The zero-order valence-corrected chi connectivity index (χ0v) is 19.5. The first-order valence-electron chi connectivity index (χ1n) is 11.2. The molecule has 3 N–H and O–H groups in total. The Labute approximate surface area is 203 Å². The van der Waals surface area contributed by atoms with Crippen molar-refractivity contribution >= 4 is 28.6 Å². The summed E-state index contributed by atoms with van der Waals surface area (Å²) in [5.41, 5.74) is 11.9. The number of aromatic nitrogens is 4. The summed E-state index contributed by atoms with van der Waals surface area (Å²) in [6, 6.07) is 23.0. The molecular formula is C27H25N7O. The number of benzene rings is 2. The number of nitrogens with one attached hydrogen (secondary N) is 1. The van der Waals surface area contributed by atoms with Crippen LogP contribution in [0.2, 0.25) is 0 Å². The lowest BCUT2D eigenvalue weighted by atomic mass is 10.1. The van der Waals surface area contributed by atoms with E-state index in [2.05, 4.69) is 15.3 Å². The fraction of sp³-hybridized carbons (Fsp3) is 0.111. The van der Waals surface area contributed by atoms with Gasteiger partial charge in [-0.05, 0) is 60.2 Å². The lowest BCUT2D eigenvalue weighted by Gasteiger charge is -2.14. The van der Waals surface area contributed by atoms with E-state index < -0.39 is 0 Å². The van der Waals surface area contributed by atoms with E-state index in [1.54, 1.807) is 12.4 Å². The molecule has 0 aliphatic rings. The van der Waals surface area contributed by atoms with Gasteiger partial charge >= 0.3 is 0 Å². The second-order valence-corrected chi connectivity index (χ2v) is 8.35. The summed E-state index contributed by atoms with van der Waals surface area (Å²) in [7, 11) is 3.90. The minimum Gasteiger partial charge on any atom is -0.383 e. The molecule has 0 spiro atoms. The predicted molar refractivity (Wildman–Crippen MR) is 138 cm³/mol. The number of hydrogen-bond donors (Lipinski definition) is 2. The number of nitrogens with zero attached hydrogens (tertiary/aromatic N) is 5. The number of carbonyl (C=O) groups is 1. The first kappa shape index (κ1) is 22.1. The number of rotatable bonds is 6. The highest BCUT2D eigenvalue weighted by Crippen LogP contribution is 2.30. The van der Waals surface area contributed by atoms with E-state index in [1.165, 1.54) is 0 Å². The molecule has 0 saturated heterocycles. The Kier molecular flexibility index (Phi) is 5.85. The average Bonchev–Trinajstić information content (AvgIpc) is 3.27. The van der Waals surface area contributed by atoms with Crippen LogP contribution in [0.15, 0.2) is 85.2 Å². The van der Waals surface area contributed by atoms with E-state index in [0.29, 0.717) is 23.8 Å². The molecule has 8 nitrogen and oxygen atoms in total. The monoisotopic (exact) mass is 463 g/mol. The third kappa shape index (κ3) is 4.41. The Hall–Kier alpha value is -4.72. The predicted octanol–water partition coefficient (Wildman–Crippen LogP) is 4.06. The Morgan fingerprint density at radius 3 is 2.51 bits per heavy atom. The smallest absolute Gasteiger partial charge is 0.251 e. The third-order valence-electron chi connectivity index (χ3n) is 5.77. The summed E-state index contributed by atoms with van der Waals surface area (Å²) in [6.45, 7) is 0.413. The van der Waals surface area contributed by atoms with Crippen molar-refractivity contribution in [2.75, 3.05) is 24.7 Å². The number of carbonyl (C=O) groups excluding carboxylic acids is 1. The van der Waals surface area contributed by atoms with Gasteiger partial charge in [-0.2, -0.15) is 0 Å². The van der Waals surface area contributed by atoms with Gasteiger partial charge in [0.1, 0.15) is 11.3 Å². The van der Waals surface area contributed by atoms with Crippen molar-refractivity contribution in [3.8, 4) is 17.1 Å². The molecule has 5 rings (SSSR count). The van der Waals surface area contributed by atoms with Crippen LogP contribution < -0.4 is 16.0 Å². The van der Waals surface area contributed by atoms with Gasteiger partial charge in [-0.15, -0.1) is 0 Å². The summed E-state index contributed by atoms with van der Waals surface area (Å²) in [5, 5.41) is 3.00. The molecule has 2 aromatic carbocycles. The van der Waals surface area contributed by atoms with E-state index >= 15 is 0 Å². The molecule has 3 aromatic heterocycles. The van der Waals surface area contributed by atoms with Crippen molar-refractivity contribution in [2.24, 2.45) is 0 Å². The molecule has 1 amide bonds. The van der Waals surface area contributed by atoms with Crippen LogP contribution in [0.4, 0.5) is 11.5 Å². The highest BCUT2D eigenvalue weighted by Gasteiger charge is 2.17. The summed E-state index contributed by atoms with van der Waals surface area (Å²) in [4.78, 5) is 28.2. The van der Waals surface area contributed by atoms with Gasteiger partial charge in [-0.3, -0.25) is 9.36 Å². The lowest BCUT2D eigenvalue weighted by molar-refractivity contribution is 0.0951. The van der Waals surface area contributed by atoms with Crippen molar-refractivity contribution in [3.63, 3.8) is 0 Å². The molecule has 0 unspecified atom stereocenters. The highest BCUT2D eigenvalue weighted by atomic mass is 16.1. The van der Waals surface area contributed by atoms with Gasteiger partial charge in [0.05, 0.1) is 5.56 Å². The number of fused-ring (bicyclic) bond motifs is 1. The van der Waals surface area contributed by atoms with Crippen LogP contribution >= 0.6 is 0 Å². The highest BCUT2D eigenvalue weighted by molar-refractivity contribution is 5.95. The summed E-state index contributed by atoms with van der Waals surface area (Å²) < 4.78 is 1.97. The second-order valence-electron chi connectivity index (χ2n) is 8.35. The molecule has 0 fully saturated rings. The van der Waals surface area contributed by atoms with E-state index in [9.17, 15) is 4.79 Å². The van der Waals surface area contributed by atoms with Crippen molar-refractivity contribution in [2.45, 2.75) is 6.54 Å². The molecule has 3 heterocycles. The fourth-order valence-corrected chi connectivity index (χ4v) is 3.92. The van der Waals surface area contributed by atoms with E-state index in [0.717, 1.165) is 33.7 Å². The number of imidazole rings is 1. The van der Waals surface area contributed by atoms with Gasteiger partial charge in [0, 0.05) is 50.0 Å². The summed E-state index contributed by atoms with van der Waals surface area (Å²) in [6.07, 6.45) is 3.40. The Morgan fingerprint density at radius 1 is 0.971 bits per heavy atom. The first-order valence-corrected chi connectivity index (χ1v) is 11.2. The van der Waals surface area contributed by atoms with Crippen LogP contribution in [-0.4, -0.2) is 39.5 Å². The molecule has 0 radical (unpaired) electrons. The maximum Gasteiger partial charge on any atom is 0.251 e. The topological polar surface area (TPSA) is 102 Å². The number of anilines is 2. The van der Waals surface area contributed by atoms with Crippen molar-refractivity contribution in [3.05, 3.63) is 96.3 Å². The fourth-order valence-electron chi connectivity index (χ4n) is 3.92. The van der Waals surface area contributed by atoms with Crippen LogP contribution in [0, 0.1) is 0 Å². The maximum absolute atomic E-state index is 12.7. The van der Waals surface area contributed by atoms with Gasteiger partial charge in [0.15, 0.2) is 11.5 Å². The van der Waals surface area contributed by atoms with E-state index in [4.69, 9.17) is 10.7 Å². The first-order chi connectivity index (χ1) is 17.0. The van der Waals surface area contributed by atoms with Gasteiger partial charge in [0.25, 0.3) is 5.91 Å². The molecule has 0 aliphatic heterocycles. The second kappa shape index (κ2) is 9.26. The number of hydrogen-bond acceptors (Lipinski definition) is 6. The van der Waals surface area contributed by atoms with Gasteiger partial charge < -0.3 is 16.0 Å². The Balaban J connectivity index is 1.41. The van der Waals surface area contributed by atoms with Crippen LogP contribution in [0.25, 0.3) is 28.2 Å². The normalized spacial score (nSPS) is 10.9. The molecule has 0 aliphatic carbocycles. The standard InChI is InChI=1S/C27H25N7O/c1-33(2)21-7-3-6-19(16-21)27(35)31-17-18-10-12-20(13-11-18)34-25(22-8-4-14-29-24(22)28)32-23-9-5-15-30-26(23)34/h3-16H,17H2,1-2H3,(H2,28,29)(H,31,35). The van der Waals surface area contributed by atoms with E-state index in [-0.39, 0.29) is 5.91 Å². The lowest BCUT2D eigenvalue weighted by Crippen LogP contribution is -2.23. The van der Waals surface area contributed by atoms with Gasteiger partial charge in [-0.25, -0.2) is 15.0 Å². The SMILES string of the molecule is CN(C)c1cccc(C(=O)NCc2ccc(-n3c(-c4cccnc4N)nc4cccnc43)cc2)c1. The number of nitrogen functional groups attached to an aromatic ring is 1. The van der Waals surface area contributed by atoms with Crippen molar-refractivity contribution in [1.82, 2.24) is 24.8 Å². The van der Waals surface area contributed by atoms with Crippen LogP contribution in [0.1, 0.15) is 15.9 Å². The summed E-state index contributed by atoms with van der Waals surface area (Å²) >= 11 is 0. The molecule has 0 saturated carbocycles. The van der Waals surface area contributed by atoms with Crippen LogP contribution in [-0.2, 0) is 6.54 Å². The minimum atomic E-state index is -0.114. The van der Waals surface area contributed by atoms with Crippen LogP contribution in [0.5, 0.6) is 0 Å². The molecule has 35 heavy (non-hydrogen) atoms. The molecule has 174 valence electrons. The van der Waals surface area contributed by atoms with E-state index in [1.807, 2.05) is 96.4 Å². The molecular weight excluding hydrogens is 438 g/mol. The Morgan fingerprint density at radius 2 is 1.74 bits per heavy atom. The minimum absolute atomic E-state index is 0.114. The average molecular weight is 464 g/mol. The molecule has 0 atom stereocenters. The molecule has 0 bridgehead atoms. The summed E-state index contributed by atoms with van der Waals surface area (Å²) in [5.74, 6) is 0.963. The number of amides is 1. The molecule has 5 aromatic rings. The Bertz CT molecular complexity index is 1510. The molecule has 8 heteroatoms. The van der Waals surface area contributed by atoms with Crippen molar-refractivity contribution < 1.29 is 4.79 Å². The number of pyridine rings is 2. The van der Waals surface area contributed by atoms with Crippen LogP contribution in [0.3, 0.4) is 0 Å². The number of nitrogens with two attached hydrogens (primary N) is 1. The third-order valence-corrected chi connectivity index (χ3v) is 5.77.